The lowest BCUT2D eigenvalue weighted by Crippen LogP contribution is -2.36. The Balaban J connectivity index is 0.00000242. The summed E-state index contributed by atoms with van der Waals surface area (Å²) in [6.45, 7) is 8.36. The van der Waals surface area contributed by atoms with Gasteiger partial charge in [-0.2, -0.15) is 0 Å². The van der Waals surface area contributed by atoms with Crippen molar-refractivity contribution in [2.45, 2.75) is 27.3 Å². The number of pyridine rings is 1. The van der Waals surface area contributed by atoms with E-state index < -0.39 is 0 Å². The lowest BCUT2D eigenvalue weighted by atomic mass is 10.3. The molecule has 0 saturated heterocycles. The van der Waals surface area contributed by atoms with Gasteiger partial charge in [0, 0.05) is 31.7 Å². The van der Waals surface area contributed by atoms with Gasteiger partial charge in [0.2, 0.25) is 0 Å². The van der Waals surface area contributed by atoms with E-state index in [9.17, 15) is 0 Å². The maximum absolute atomic E-state index is 4.52. The van der Waals surface area contributed by atoms with Gasteiger partial charge in [-0.15, -0.1) is 24.0 Å². The van der Waals surface area contributed by atoms with E-state index in [4.69, 9.17) is 0 Å². The van der Waals surface area contributed by atoms with E-state index in [2.05, 4.69) is 39.4 Å². The summed E-state index contributed by atoms with van der Waals surface area (Å²) in [7, 11) is 0. The highest BCUT2D eigenvalue weighted by molar-refractivity contribution is 14.0. The molecular weight excluding hydrogens is 391 g/mol. The Morgan fingerprint density at radius 2 is 1.91 bits per heavy atom. The van der Waals surface area contributed by atoms with Crippen molar-refractivity contribution in [3.63, 3.8) is 0 Å². The maximum Gasteiger partial charge on any atom is 0.191 e. The van der Waals surface area contributed by atoms with E-state index >= 15 is 0 Å². The van der Waals surface area contributed by atoms with Crippen molar-refractivity contribution < 1.29 is 0 Å². The Hall–Kier alpha value is -1.64. The first-order valence-electron chi connectivity index (χ1n) is 7.22. The average molecular weight is 414 g/mol. The van der Waals surface area contributed by atoms with Gasteiger partial charge in [0.1, 0.15) is 11.6 Å². The van der Waals surface area contributed by atoms with Crippen molar-refractivity contribution in [1.82, 2.24) is 25.2 Å². The van der Waals surface area contributed by atoms with Crippen LogP contribution in [0.1, 0.15) is 25.2 Å². The quantitative estimate of drug-likeness (QED) is 0.448. The zero-order valence-electron chi connectivity index (χ0n) is 13.2. The van der Waals surface area contributed by atoms with Gasteiger partial charge in [0.05, 0.1) is 6.54 Å². The van der Waals surface area contributed by atoms with Crippen LogP contribution in [-0.4, -0.2) is 33.6 Å². The Morgan fingerprint density at radius 3 is 2.41 bits per heavy atom. The molecule has 0 saturated carbocycles. The SMILES string of the molecule is CCNC(=NCc1ccc(-n2ccnc2C)nc1)NCC.I. The van der Waals surface area contributed by atoms with Gasteiger partial charge < -0.3 is 10.6 Å². The van der Waals surface area contributed by atoms with Crippen LogP contribution in [0.15, 0.2) is 35.7 Å². The molecule has 0 atom stereocenters. The number of hydrogen-bond donors (Lipinski definition) is 2. The summed E-state index contributed by atoms with van der Waals surface area (Å²) >= 11 is 0. The number of rotatable bonds is 5. The summed E-state index contributed by atoms with van der Waals surface area (Å²) in [5.41, 5.74) is 1.07. The van der Waals surface area contributed by atoms with Crippen LogP contribution in [0.3, 0.4) is 0 Å². The normalized spacial score (nSPS) is 9.77. The predicted molar refractivity (Wildman–Crippen MR) is 100 cm³/mol. The lowest BCUT2D eigenvalue weighted by Gasteiger charge is -2.09. The van der Waals surface area contributed by atoms with Crippen LogP contribution in [0.2, 0.25) is 0 Å². The summed E-state index contributed by atoms with van der Waals surface area (Å²) in [5.74, 6) is 2.63. The monoisotopic (exact) mass is 414 g/mol. The summed E-state index contributed by atoms with van der Waals surface area (Å²) < 4.78 is 1.95. The molecule has 7 heteroatoms. The minimum Gasteiger partial charge on any atom is -0.357 e. The minimum absolute atomic E-state index is 0. The zero-order valence-corrected chi connectivity index (χ0v) is 15.5. The number of hydrogen-bond acceptors (Lipinski definition) is 3. The molecule has 0 radical (unpaired) electrons. The van der Waals surface area contributed by atoms with Crippen LogP contribution < -0.4 is 10.6 Å². The molecule has 0 aliphatic heterocycles. The highest BCUT2D eigenvalue weighted by Crippen LogP contribution is 2.08. The van der Waals surface area contributed by atoms with Gasteiger partial charge in [0.15, 0.2) is 5.96 Å². The molecule has 6 nitrogen and oxygen atoms in total. The molecule has 0 aliphatic carbocycles. The van der Waals surface area contributed by atoms with Crippen LogP contribution >= 0.6 is 24.0 Å². The molecule has 2 rings (SSSR count). The largest absolute Gasteiger partial charge is 0.357 e. The number of nitrogens with zero attached hydrogens (tertiary/aromatic N) is 4. The molecule has 0 aliphatic rings. The molecule has 2 aromatic heterocycles. The molecule has 0 unspecified atom stereocenters. The summed E-state index contributed by atoms with van der Waals surface area (Å²) in [4.78, 5) is 13.2. The van der Waals surface area contributed by atoms with Gasteiger partial charge >= 0.3 is 0 Å². The first-order valence-corrected chi connectivity index (χ1v) is 7.22. The van der Waals surface area contributed by atoms with E-state index in [-0.39, 0.29) is 24.0 Å². The van der Waals surface area contributed by atoms with E-state index in [1.807, 2.05) is 36.0 Å². The zero-order chi connectivity index (χ0) is 15.1. The predicted octanol–water partition coefficient (Wildman–Crippen LogP) is 2.27. The number of aliphatic imine (C=N–C) groups is 1. The van der Waals surface area contributed by atoms with Crippen LogP contribution in [-0.2, 0) is 6.54 Å². The summed E-state index contributed by atoms with van der Waals surface area (Å²) in [6, 6.07) is 4.03. The molecule has 2 aromatic rings. The van der Waals surface area contributed by atoms with E-state index in [1.165, 1.54) is 0 Å². The summed E-state index contributed by atoms with van der Waals surface area (Å²) in [6.07, 6.45) is 5.53. The van der Waals surface area contributed by atoms with Gasteiger partial charge in [-0.1, -0.05) is 6.07 Å². The van der Waals surface area contributed by atoms with Crippen LogP contribution in [0.4, 0.5) is 0 Å². The van der Waals surface area contributed by atoms with Gasteiger partial charge in [-0.3, -0.25) is 4.57 Å². The highest BCUT2D eigenvalue weighted by Gasteiger charge is 2.02. The molecule has 0 bridgehead atoms. The second kappa shape index (κ2) is 9.39. The van der Waals surface area contributed by atoms with Crippen molar-refractivity contribution in [2.75, 3.05) is 13.1 Å². The third kappa shape index (κ3) is 4.97. The topological polar surface area (TPSA) is 67.1 Å². The van der Waals surface area contributed by atoms with Crippen LogP contribution in [0.25, 0.3) is 5.82 Å². The molecule has 0 fully saturated rings. The average Bonchev–Trinajstić information content (AvgIpc) is 2.92. The molecule has 0 spiro atoms. The number of nitrogens with one attached hydrogen (secondary N) is 2. The number of aryl methyl sites for hydroxylation is 1. The Labute approximate surface area is 148 Å². The first kappa shape index (κ1) is 18.4. The third-order valence-electron chi connectivity index (χ3n) is 2.99. The van der Waals surface area contributed by atoms with E-state index in [1.54, 1.807) is 6.20 Å². The molecule has 2 N–H and O–H groups in total. The Kier molecular flexibility index (Phi) is 7.86. The van der Waals surface area contributed by atoms with Crippen molar-refractivity contribution >= 4 is 29.9 Å². The standard InChI is InChI=1S/C15H22N6.HI/c1-4-16-15(17-5-2)20-11-13-6-7-14(19-10-13)21-9-8-18-12(21)3;/h6-10H,4-5,11H2,1-3H3,(H2,16,17,20);1H. The molecule has 2 heterocycles. The fraction of sp³-hybridized carbons (Fsp3) is 0.400. The van der Waals surface area contributed by atoms with Crippen molar-refractivity contribution in [1.29, 1.82) is 0 Å². The molecule has 0 aromatic carbocycles. The Bertz CT molecular complexity index is 582. The Morgan fingerprint density at radius 1 is 1.18 bits per heavy atom. The van der Waals surface area contributed by atoms with Crippen LogP contribution in [0.5, 0.6) is 0 Å². The van der Waals surface area contributed by atoms with Gasteiger partial charge in [-0.05, 0) is 32.4 Å². The van der Waals surface area contributed by atoms with Crippen molar-refractivity contribution in [3.8, 4) is 5.82 Å². The van der Waals surface area contributed by atoms with E-state index in [0.29, 0.717) is 6.54 Å². The van der Waals surface area contributed by atoms with Crippen LogP contribution in [0, 0.1) is 6.92 Å². The fourth-order valence-electron chi connectivity index (χ4n) is 1.95. The molecule has 0 amide bonds. The number of imidazole rings is 1. The summed E-state index contributed by atoms with van der Waals surface area (Å²) in [5, 5.41) is 6.40. The van der Waals surface area contributed by atoms with E-state index in [0.717, 1.165) is 36.3 Å². The second-order valence-corrected chi connectivity index (χ2v) is 4.59. The molecular formula is C15H23IN6. The molecule has 22 heavy (non-hydrogen) atoms. The fourth-order valence-corrected chi connectivity index (χ4v) is 1.95. The second-order valence-electron chi connectivity index (χ2n) is 4.59. The number of aromatic nitrogens is 3. The first-order chi connectivity index (χ1) is 10.2. The number of halogens is 1. The number of guanidine groups is 1. The minimum atomic E-state index is 0. The smallest absolute Gasteiger partial charge is 0.191 e. The van der Waals surface area contributed by atoms with Gasteiger partial charge in [-0.25, -0.2) is 15.0 Å². The highest BCUT2D eigenvalue weighted by atomic mass is 127. The van der Waals surface area contributed by atoms with Gasteiger partial charge in [0.25, 0.3) is 0 Å². The van der Waals surface area contributed by atoms with Crippen molar-refractivity contribution in [2.24, 2.45) is 4.99 Å². The van der Waals surface area contributed by atoms with Crippen molar-refractivity contribution in [3.05, 3.63) is 42.1 Å². The maximum atomic E-state index is 4.52. The lowest BCUT2D eigenvalue weighted by molar-refractivity contribution is 0.837. The third-order valence-corrected chi connectivity index (χ3v) is 2.99. The molecule has 120 valence electrons.